The van der Waals surface area contributed by atoms with E-state index in [1.54, 1.807) is 0 Å². The van der Waals surface area contributed by atoms with Crippen molar-refractivity contribution < 1.29 is 4.79 Å². The number of carbonyl (C=O) groups excluding carboxylic acids is 1. The maximum absolute atomic E-state index is 11.2. The summed E-state index contributed by atoms with van der Waals surface area (Å²) in [6.45, 7) is 2.22. The van der Waals surface area contributed by atoms with Gasteiger partial charge in [0, 0.05) is 12.0 Å². The molecule has 0 aromatic heterocycles. The monoisotopic (exact) mass is 167 g/mol. The van der Waals surface area contributed by atoms with Crippen LogP contribution in [0.25, 0.3) is 0 Å². The van der Waals surface area contributed by atoms with Crippen LogP contribution in [0.15, 0.2) is 0 Å². The van der Waals surface area contributed by atoms with Crippen molar-refractivity contribution >= 4 is 5.91 Å². The van der Waals surface area contributed by atoms with Crippen LogP contribution < -0.4 is 5.32 Å². The van der Waals surface area contributed by atoms with Gasteiger partial charge in [-0.2, -0.15) is 0 Å². The van der Waals surface area contributed by atoms with Crippen molar-refractivity contribution in [3.63, 3.8) is 0 Å². The molecule has 1 heterocycles. The van der Waals surface area contributed by atoms with Crippen molar-refractivity contribution in [1.29, 1.82) is 0 Å². The minimum atomic E-state index is 0.146. The number of piperidine rings is 1. The van der Waals surface area contributed by atoms with E-state index in [1.807, 2.05) is 0 Å². The lowest BCUT2D eigenvalue weighted by Crippen LogP contribution is -2.55. The Labute approximate surface area is 73.7 Å². The third-order valence-electron chi connectivity index (χ3n) is 3.53. The van der Waals surface area contributed by atoms with Crippen LogP contribution in [0.1, 0.15) is 45.4 Å². The highest BCUT2D eigenvalue weighted by Crippen LogP contribution is 2.40. The second-order valence-corrected chi connectivity index (χ2v) is 4.45. The summed E-state index contributed by atoms with van der Waals surface area (Å²) in [7, 11) is 0. The first-order valence-corrected chi connectivity index (χ1v) is 5.02. The number of hydrogen-bond acceptors (Lipinski definition) is 1. The zero-order valence-corrected chi connectivity index (χ0v) is 7.73. The van der Waals surface area contributed by atoms with E-state index in [0.717, 1.165) is 18.8 Å². The molecule has 1 N–H and O–H groups in total. The highest BCUT2D eigenvalue weighted by Gasteiger charge is 2.40. The van der Waals surface area contributed by atoms with E-state index >= 15 is 0 Å². The van der Waals surface area contributed by atoms with Gasteiger partial charge in [-0.05, 0) is 38.5 Å². The summed E-state index contributed by atoms with van der Waals surface area (Å²) in [6.07, 6.45) is 6.99. The summed E-state index contributed by atoms with van der Waals surface area (Å²) in [4.78, 5) is 11.2. The highest BCUT2D eigenvalue weighted by molar-refractivity contribution is 5.77. The van der Waals surface area contributed by atoms with Crippen molar-refractivity contribution in [1.82, 2.24) is 5.32 Å². The molecule has 1 saturated heterocycles. The molecule has 0 aromatic rings. The third-order valence-corrected chi connectivity index (χ3v) is 3.53. The number of rotatable bonds is 1. The van der Waals surface area contributed by atoms with Crippen molar-refractivity contribution in [2.24, 2.45) is 5.92 Å². The first kappa shape index (κ1) is 8.09. The van der Waals surface area contributed by atoms with E-state index in [9.17, 15) is 4.79 Å². The molecule has 2 aliphatic rings. The van der Waals surface area contributed by atoms with Crippen molar-refractivity contribution in [2.45, 2.75) is 51.0 Å². The van der Waals surface area contributed by atoms with Gasteiger partial charge in [-0.3, -0.25) is 4.79 Å². The maximum atomic E-state index is 11.2. The summed E-state index contributed by atoms with van der Waals surface area (Å²) < 4.78 is 0. The molecule has 2 fully saturated rings. The zero-order chi connectivity index (χ0) is 8.60. The Bertz CT molecular complexity index is 198. The normalized spacial score (nSPS) is 37.2. The van der Waals surface area contributed by atoms with Crippen LogP contribution >= 0.6 is 0 Å². The molecule has 1 atom stereocenters. The molecular weight excluding hydrogens is 150 g/mol. The van der Waals surface area contributed by atoms with Crippen LogP contribution in [0.3, 0.4) is 0 Å². The van der Waals surface area contributed by atoms with E-state index in [-0.39, 0.29) is 11.4 Å². The SMILES string of the molecule is C[C@@]1(C2CCC2)CCCC(=O)N1. The van der Waals surface area contributed by atoms with Gasteiger partial charge in [0.1, 0.15) is 0 Å². The minimum absolute atomic E-state index is 0.146. The van der Waals surface area contributed by atoms with E-state index in [2.05, 4.69) is 12.2 Å². The van der Waals surface area contributed by atoms with Crippen molar-refractivity contribution in [3.8, 4) is 0 Å². The van der Waals surface area contributed by atoms with Crippen LogP contribution in [-0.2, 0) is 4.79 Å². The second-order valence-electron chi connectivity index (χ2n) is 4.45. The first-order chi connectivity index (χ1) is 5.71. The van der Waals surface area contributed by atoms with Crippen LogP contribution in [0, 0.1) is 5.92 Å². The van der Waals surface area contributed by atoms with E-state index < -0.39 is 0 Å². The molecule has 1 aliphatic heterocycles. The molecule has 2 rings (SSSR count). The predicted molar refractivity (Wildman–Crippen MR) is 47.7 cm³/mol. The van der Waals surface area contributed by atoms with Crippen molar-refractivity contribution in [3.05, 3.63) is 0 Å². The quantitative estimate of drug-likeness (QED) is 0.634. The van der Waals surface area contributed by atoms with Gasteiger partial charge in [-0.1, -0.05) is 6.42 Å². The van der Waals surface area contributed by atoms with Crippen molar-refractivity contribution in [2.75, 3.05) is 0 Å². The molecule has 0 spiro atoms. The Morgan fingerprint density at radius 3 is 2.67 bits per heavy atom. The van der Waals surface area contributed by atoms with Gasteiger partial charge in [-0.15, -0.1) is 0 Å². The lowest BCUT2D eigenvalue weighted by Gasteiger charge is -2.45. The molecule has 0 unspecified atom stereocenters. The standard InChI is InChI=1S/C10H17NO/c1-10(8-4-2-5-8)7-3-6-9(12)11-10/h8H,2-7H2,1H3,(H,11,12)/t10-/m0/s1. The first-order valence-electron chi connectivity index (χ1n) is 5.02. The predicted octanol–water partition coefficient (Wildman–Crippen LogP) is 1.85. The third kappa shape index (κ3) is 1.23. The second kappa shape index (κ2) is 2.75. The summed E-state index contributed by atoms with van der Waals surface area (Å²) in [5.74, 6) is 1.03. The Balaban J connectivity index is 2.02. The molecular formula is C10H17NO. The Morgan fingerprint density at radius 2 is 2.17 bits per heavy atom. The topological polar surface area (TPSA) is 29.1 Å². The van der Waals surface area contributed by atoms with Crippen LogP contribution in [-0.4, -0.2) is 11.4 Å². The van der Waals surface area contributed by atoms with E-state index in [0.29, 0.717) is 0 Å². The summed E-state index contributed by atoms with van der Waals surface area (Å²) >= 11 is 0. The average molecular weight is 167 g/mol. The maximum Gasteiger partial charge on any atom is 0.220 e. The highest BCUT2D eigenvalue weighted by atomic mass is 16.1. The zero-order valence-electron chi connectivity index (χ0n) is 7.73. The van der Waals surface area contributed by atoms with Gasteiger partial charge in [-0.25, -0.2) is 0 Å². The smallest absolute Gasteiger partial charge is 0.220 e. The summed E-state index contributed by atoms with van der Waals surface area (Å²) in [5.41, 5.74) is 0.146. The largest absolute Gasteiger partial charge is 0.351 e. The van der Waals surface area contributed by atoms with Crippen LogP contribution in [0.4, 0.5) is 0 Å². The van der Waals surface area contributed by atoms with Crippen LogP contribution in [0.5, 0.6) is 0 Å². The molecule has 1 amide bonds. The Hall–Kier alpha value is -0.530. The lowest BCUT2D eigenvalue weighted by molar-refractivity contribution is -0.126. The molecule has 2 heteroatoms. The van der Waals surface area contributed by atoms with Gasteiger partial charge < -0.3 is 5.32 Å². The number of amides is 1. The van der Waals surface area contributed by atoms with E-state index in [4.69, 9.17) is 0 Å². The van der Waals surface area contributed by atoms with Gasteiger partial charge in [0.05, 0.1) is 0 Å². The molecule has 68 valence electrons. The fourth-order valence-corrected chi connectivity index (χ4v) is 2.41. The molecule has 12 heavy (non-hydrogen) atoms. The summed E-state index contributed by atoms with van der Waals surface area (Å²) in [6, 6.07) is 0. The Morgan fingerprint density at radius 1 is 1.42 bits per heavy atom. The molecule has 1 aliphatic carbocycles. The Kier molecular flexibility index (Phi) is 1.85. The number of carbonyl (C=O) groups is 1. The molecule has 2 nitrogen and oxygen atoms in total. The lowest BCUT2D eigenvalue weighted by atomic mass is 9.68. The molecule has 0 bridgehead atoms. The number of hydrogen-bond donors (Lipinski definition) is 1. The van der Waals surface area contributed by atoms with E-state index in [1.165, 1.54) is 25.7 Å². The van der Waals surface area contributed by atoms with Gasteiger partial charge in [0.2, 0.25) is 5.91 Å². The fourth-order valence-electron chi connectivity index (χ4n) is 2.41. The molecule has 1 saturated carbocycles. The summed E-state index contributed by atoms with van der Waals surface area (Å²) in [5, 5.41) is 3.16. The molecule has 0 aromatic carbocycles. The molecule has 0 radical (unpaired) electrons. The van der Waals surface area contributed by atoms with Gasteiger partial charge in [0.25, 0.3) is 0 Å². The minimum Gasteiger partial charge on any atom is -0.351 e. The fraction of sp³-hybridized carbons (Fsp3) is 0.900. The average Bonchev–Trinajstić information content (AvgIpc) is 1.79. The van der Waals surface area contributed by atoms with Gasteiger partial charge >= 0.3 is 0 Å². The number of nitrogens with one attached hydrogen (secondary N) is 1. The van der Waals surface area contributed by atoms with Crippen LogP contribution in [0.2, 0.25) is 0 Å². The van der Waals surface area contributed by atoms with Gasteiger partial charge in [0.15, 0.2) is 0 Å².